The molecular weight excluding hydrogens is 279 g/mol. The molecule has 1 heterocycles. The number of nitrogens with two attached hydrogens (primary N) is 1. The summed E-state index contributed by atoms with van der Waals surface area (Å²) in [5.41, 5.74) is 5.78. The fraction of sp³-hybridized carbons (Fsp3) is 0.154. The SMILES string of the molecule is N#Cc1cnn(C(=O)CCSc2ccccc2F)c1N. The summed E-state index contributed by atoms with van der Waals surface area (Å²) in [4.78, 5) is 12.4. The van der Waals surface area contributed by atoms with Gasteiger partial charge in [0, 0.05) is 17.1 Å². The van der Waals surface area contributed by atoms with Crippen molar-refractivity contribution in [3.8, 4) is 6.07 Å². The molecule has 1 aromatic carbocycles. The number of anilines is 1. The lowest BCUT2D eigenvalue weighted by Crippen LogP contribution is -2.15. The largest absolute Gasteiger partial charge is 0.382 e. The molecule has 2 rings (SSSR count). The molecule has 0 atom stereocenters. The minimum absolute atomic E-state index is 0.0355. The number of carbonyl (C=O) groups is 1. The molecule has 5 nitrogen and oxygen atoms in total. The van der Waals surface area contributed by atoms with Crippen LogP contribution in [0, 0.1) is 17.1 Å². The number of nitriles is 1. The highest BCUT2D eigenvalue weighted by Gasteiger charge is 2.13. The predicted octanol–water partition coefficient (Wildman–Crippen LogP) is 2.30. The molecule has 0 saturated carbocycles. The third kappa shape index (κ3) is 2.97. The van der Waals surface area contributed by atoms with Crippen LogP contribution in [0.15, 0.2) is 35.4 Å². The number of carbonyl (C=O) groups excluding carboxylic acids is 1. The molecule has 0 aliphatic carbocycles. The zero-order valence-electron chi connectivity index (χ0n) is 10.4. The Morgan fingerprint density at radius 3 is 2.90 bits per heavy atom. The number of halogens is 1. The van der Waals surface area contributed by atoms with Gasteiger partial charge in [-0.3, -0.25) is 4.79 Å². The first-order valence-electron chi connectivity index (χ1n) is 5.77. The van der Waals surface area contributed by atoms with Gasteiger partial charge in [-0.25, -0.2) is 4.39 Å². The third-order valence-corrected chi connectivity index (χ3v) is 3.62. The van der Waals surface area contributed by atoms with Crippen molar-refractivity contribution in [3.05, 3.63) is 41.8 Å². The Kier molecular flexibility index (Phi) is 4.38. The number of nitrogen functional groups attached to an aromatic ring is 1. The molecule has 0 bridgehead atoms. The highest BCUT2D eigenvalue weighted by atomic mass is 32.2. The maximum absolute atomic E-state index is 13.4. The number of thioether (sulfide) groups is 1. The Morgan fingerprint density at radius 1 is 1.50 bits per heavy atom. The topological polar surface area (TPSA) is 84.7 Å². The molecular formula is C13H11FN4OS. The van der Waals surface area contributed by atoms with Crippen LogP contribution in [0.2, 0.25) is 0 Å². The molecule has 1 aromatic heterocycles. The second kappa shape index (κ2) is 6.21. The molecule has 0 unspecified atom stereocenters. The van der Waals surface area contributed by atoms with E-state index >= 15 is 0 Å². The Hall–Kier alpha value is -2.33. The van der Waals surface area contributed by atoms with Gasteiger partial charge in [0.15, 0.2) is 0 Å². The van der Waals surface area contributed by atoms with Crippen LogP contribution in [0.25, 0.3) is 0 Å². The van der Waals surface area contributed by atoms with E-state index in [0.717, 1.165) is 4.68 Å². The molecule has 2 aromatic rings. The highest BCUT2D eigenvalue weighted by Crippen LogP contribution is 2.22. The maximum Gasteiger partial charge on any atom is 0.249 e. The molecule has 0 amide bonds. The van der Waals surface area contributed by atoms with Crippen molar-refractivity contribution in [2.75, 3.05) is 11.5 Å². The lowest BCUT2D eigenvalue weighted by atomic mass is 10.3. The monoisotopic (exact) mass is 290 g/mol. The van der Waals surface area contributed by atoms with E-state index in [1.54, 1.807) is 18.2 Å². The number of aromatic nitrogens is 2. The van der Waals surface area contributed by atoms with E-state index in [0.29, 0.717) is 10.6 Å². The van der Waals surface area contributed by atoms with Crippen molar-refractivity contribution < 1.29 is 9.18 Å². The van der Waals surface area contributed by atoms with Crippen molar-refractivity contribution in [1.82, 2.24) is 9.78 Å². The van der Waals surface area contributed by atoms with E-state index in [-0.39, 0.29) is 29.5 Å². The first-order chi connectivity index (χ1) is 9.63. The summed E-state index contributed by atoms with van der Waals surface area (Å²) in [5.74, 6) is -0.197. The van der Waals surface area contributed by atoms with Gasteiger partial charge >= 0.3 is 0 Å². The zero-order valence-corrected chi connectivity index (χ0v) is 11.2. The van der Waals surface area contributed by atoms with Crippen molar-refractivity contribution in [2.45, 2.75) is 11.3 Å². The molecule has 0 fully saturated rings. The van der Waals surface area contributed by atoms with Gasteiger partial charge in [-0.15, -0.1) is 11.8 Å². The Labute approximate surface area is 119 Å². The standard InChI is InChI=1S/C13H11FN4OS/c14-10-3-1-2-4-11(10)20-6-5-12(19)18-13(16)9(7-15)8-17-18/h1-4,8H,5-6,16H2. The highest BCUT2D eigenvalue weighted by molar-refractivity contribution is 7.99. The fourth-order valence-electron chi connectivity index (χ4n) is 1.56. The summed E-state index contributed by atoms with van der Waals surface area (Å²) in [6.45, 7) is 0. The molecule has 0 aliphatic rings. The second-order valence-corrected chi connectivity index (χ2v) is 5.03. The summed E-state index contributed by atoms with van der Waals surface area (Å²) in [5, 5.41) is 12.5. The fourth-order valence-corrected chi connectivity index (χ4v) is 2.44. The number of hydrogen-bond acceptors (Lipinski definition) is 5. The molecule has 7 heteroatoms. The van der Waals surface area contributed by atoms with Crippen LogP contribution >= 0.6 is 11.8 Å². The smallest absolute Gasteiger partial charge is 0.249 e. The lowest BCUT2D eigenvalue weighted by Gasteiger charge is -2.04. The average molecular weight is 290 g/mol. The van der Waals surface area contributed by atoms with Gasteiger partial charge in [-0.1, -0.05) is 12.1 Å². The molecule has 102 valence electrons. The Bertz CT molecular complexity index is 677. The normalized spacial score (nSPS) is 10.2. The number of benzene rings is 1. The van der Waals surface area contributed by atoms with Gasteiger partial charge in [0.05, 0.1) is 6.20 Å². The van der Waals surface area contributed by atoms with E-state index in [2.05, 4.69) is 5.10 Å². The summed E-state index contributed by atoms with van der Waals surface area (Å²) in [7, 11) is 0. The van der Waals surface area contributed by atoms with Crippen molar-refractivity contribution in [1.29, 1.82) is 5.26 Å². The molecule has 0 saturated heterocycles. The first kappa shape index (κ1) is 14.1. The minimum Gasteiger partial charge on any atom is -0.382 e. The molecule has 2 N–H and O–H groups in total. The van der Waals surface area contributed by atoms with Gasteiger partial charge in [0.1, 0.15) is 23.3 Å². The average Bonchev–Trinajstić information content (AvgIpc) is 2.82. The van der Waals surface area contributed by atoms with E-state index in [1.807, 2.05) is 6.07 Å². The number of nitrogens with zero attached hydrogens (tertiary/aromatic N) is 3. The van der Waals surface area contributed by atoms with Crippen molar-refractivity contribution >= 4 is 23.5 Å². The quantitative estimate of drug-likeness (QED) is 0.873. The zero-order chi connectivity index (χ0) is 14.5. The third-order valence-electron chi connectivity index (χ3n) is 2.57. The van der Waals surface area contributed by atoms with Crippen LogP contribution < -0.4 is 5.73 Å². The molecule has 20 heavy (non-hydrogen) atoms. The summed E-state index contributed by atoms with van der Waals surface area (Å²) in [6.07, 6.45) is 1.40. The van der Waals surface area contributed by atoms with Gasteiger partial charge in [-0.2, -0.15) is 15.0 Å². The Morgan fingerprint density at radius 2 is 2.25 bits per heavy atom. The van der Waals surface area contributed by atoms with E-state index in [9.17, 15) is 9.18 Å². The number of hydrogen-bond donors (Lipinski definition) is 1. The summed E-state index contributed by atoms with van der Waals surface area (Å²) >= 11 is 1.25. The maximum atomic E-state index is 13.4. The van der Waals surface area contributed by atoms with Gasteiger partial charge in [0.25, 0.3) is 0 Å². The van der Waals surface area contributed by atoms with Crippen LogP contribution in [0.4, 0.5) is 10.2 Å². The predicted molar refractivity (Wildman–Crippen MR) is 73.7 cm³/mol. The summed E-state index contributed by atoms with van der Waals surface area (Å²) in [6, 6.07) is 8.21. The van der Waals surface area contributed by atoms with Gasteiger partial charge in [0.2, 0.25) is 5.91 Å². The van der Waals surface area contributed by atoms with Crippen molar-refractivity contribution in [2.24, 2.45) is 0 Å². The van der Waals surface area contributed by atoms with E-state index in [1.165, 1.54) is 24.0 Å². The molecule has 0 radical (unpaired) electrons. The van der Waals surface area contributed by atoms with Crippen LogP contribution in [0.5, 0.6) is 0 Å². The first-order valence-corrected chi connectivity index (χ1v) is 6.76. The second-order valence-electron chi connectivity index (χ2n) is 3.89. The van der Waals surface area contributed by atoms with Crippen LogP contribution in [-0.4, -0.2) is 21.4 Å². The van der Waals surface area contributed by atoms with Gasteiger partial charge < -0.3 is 5.73 Å². The minimum atomic E-state index is -0.326. The number of rotatable bonds is 4. The molecule has 0 spiro atoms. The van der Waals surface area contributed by atoms with E-state index in [4.69, 9.17) is 11.0 Å². The lowest BCUT2D eigenvalue weighted by molar-refractivity contribution is 0.0897. The molecule has 0 aliphatic heterocycles. The van der Waals surface area contributed by atoms with Crippen molar-refractivity contribution in [3.63, 3.8) is 0 Å². The van der Waals surface area contributed by atoms with Crippen LogP contribution in [0.1, 0.15) is 16.8 Å². The summed E-state index contributed by atoms with van der Waals surface area (Å²) < 4.78 is 14.4. The van der Waals surface area contributed by atoms with E-state index < -0.39 is 0 Å². The van der Waals surface area contributed by atoms with Gasteiger partial charge in [-0.05, 0) is 12.1 Å². The Balaban J connectivity index is 1.95. The van der Waals surface area contributed by atoms with Crippen LogP contribution in [0.3, 0.4) is 0 Å². The van der Waals surface area contributed by atoms with Crippen LogP contribution in [-0.2, 0) is 0 Å².